The summed E-state index contributed by atoms with van der Waals surface area (Å²) in [6.07, 6.45) is 4.69. The summed E-state index contributed by atoms with van der Waals surface area (Å²) in [5.74, 6) is 1.37. The highest BCUT2D eigenvalue weighted by Gasteiger charge is 2.32. The normalized spacial score (nSPS) is 28.1. The minimum Gasteiger partial charge on any atom is -0.391 e. The Kier molecular flexibility index (Phi) is 3.31. The number of hydrogen-bond donors (Lipinski definition) is 1. The summed E-state index contributed by atoms with van der Waals surface area (Å²) in [5, 5.41) is 16.0. The first-order chi connectivity index (χ1) is 9.16. The molecule has 1 aliphatic rings. The number of fused-ring (bicyclic) bond motifs is 1. The van der Waals surface area contributed by atoms with Crippen molar-refractivity contribution in [2.75, 3.05) is 0 Å². The number of aliphatic hydroxyl groups excluding tert-OH is 1. The van der Waals surface area contributed by atoms with E-state index in [0.717, 1.165) is 30.2 Å². The van der Waals surface area contributed by atoms with Crippen molar-refractivity contribution in [1.82, 2.24) is 9.78 Å². The van der Waals surface area contributed by atoms with Gasteiger partial charge in [-0.1, -0.05) is 32.0 Å². The molecule has 102 valence electrons. The van der Waals surface area contributed by atoms with Gasteiger partial charge in [0.1, 0.15) is 0 Å². The van der Waals surface area contributed by atoms with Crippen molar-refractivity contribution in [3.63, 3.8) is 0 Å². The van der Waals surface area contributed by atoms with Gasteiger partial charge in [-0.3, -0.25) is 4.68 Å². The van der Waals surface area contributed by atoms with Crippen LogP contribution in [-0.4, -0.2) is 21.0 Å². The number of rotatable bonds is 2. The molecule has 0 spiro atoms. The maximum Gasteiger partial charge on any atom is 0.0788 e. The molecule has 1 N–H and O–H groups in total. The number of para-hydroxylation sites is 1. The molecule has 0 amide bonds. The minimum absolute atomic E-state index is 0.126. The van der Waals surface area contributed by atoms with E-state index in [0.29, 0.717) is 11.8 Å². The first-order valence-electron chi connectivity index (χ1n) is 7.27. The summed E-state index contributed by atoms with van der Waals surface area (Å²) in [6.45, 7) is 4.56. The quantitative estimate of drug-likeness (QED) is 0.896. The van der Waals surface area contributed by atoms with Crippen molar-refractivity contribution in [2.24, 2.45) is 11.8 Å². The van der Waals surface area contributed by atoms with Crippen molar-refractivity contribution in [3.05, 3.63) is 30.5 Å². The Morgan fingerprint density at radius 2 is 2.05 bits per heavy atom. The van der Waals surface area contributed by atoms with Crippen LogP contribution in [-0.2, 0) is 0 Å². The summed E-state index contributed by atoms with van der Waals surface area (Å²) < 4.78 is 2.04. The van der Waals surface area contributed by atoms with E-state index in [1.807, 2.05) is 23.0 Å². The first kappa shape index (κ1) is 12.7. The average molecular weight is 258 g/mol. The van der Waals surface area contributed by atoms with Gasteiger partial charge in [0.2, 0.25) is 0 Å². The molecule has 1 fully saturated rings. The lowest BCUT2D eigenvalue weighted by Gasteiger charge is -2.35. The number of hydrogen-bond acceptors (Lipinski definition) is 2. The van der Waals surface area contributed by atoms with Crippen LogP contribution in [0.4, 0.5) is 0 Å². The molecule has 0 saturated heterocycles. The molecule has 3 atom stereocenters. The molecule has 0 radical (unpaired) electrons. The van der Waals surface area contributed by atoms with E-state index in [1.165, 1.54) is 0 Å². The van der Waals surface area contributed by atoms with Gasteiger partial charge in [-0.15, -0.1) is 0 Å². The second kappa shape index (κ2) is 4.97. The molecule has 0 aliphatic heterocycles. The van der Waals surface area contributed by atoms with E-state index in [-0.39, 0.29) is 12.1 Å². The fourth-order valence-corrected chi connectivity index (χ4v) is 3.29. The Bertz CT molecular complexity index is 561. The zero-order valence-electron chi connectivity index (χ0n) is 11.7. The second-order valence-electron chi connectivity index (χ2n) is 6.10. The van der Waals surface area contributed by atoms with Crippen LogP contribution in [0, 0.1) is 11.8 Å². The van der Waals surface area contributed by atoms with Crippen molar-refractivity contribution >= 4 is 10.9 Å². The molecule has 3 heteroatoms. The Morgan fingerprint density at radius 1 is 1.26 bits per heavy atom. The summed E-state index contributed by atoms with van der Waals surface area (Å²) >= 11 is 0. The van der Waals surface area contributed by atoms with Gasteiger partial charge in [0.05, 0.1) is 23.9 Å². The second-order valence-corrected chi connectivity index (χ2v) is 6.10. The molecule has 1 heterocycles. The summed E-state index contributed by atoms with van der Waals surface area (Å²) in [7, 11) is 0. The van der Waals surface area contributed by atoms with Crippen LogP contribution < -0.4 is 0 Å². The third-order valence-corrected chi connectivity index (χ3v) is 4.58. The highest BCUT2D eigenvalue weighted by Crippen LogP contribution is 2.37. The van der Waals surface area contributed by atoms with Gasteiger partial charge < -0.3 is 5.11 Å². The molecule has 1 aromatic heterocycles. The monoisotopic (exact) mass is 258 g/mol. The van der Waals surface area contributed by atoms with Crippen LogP contribution in [0.3, 0.4) is 0 Å². The fraction of sp³-hybridized carbons (Fsp3) is 0.562. The maximum atomic E-state index is 10.3. The predicted octanol–water partition coefficient (Wildman–Crippen LogP) is 3.39. The van der Waals surface area contributed by atoms with Gasteiger partial charge in [-0.05, 0) is 37.2 Å². The highest BCUT2D eigenvalue weighted by molar-refractivity contribution is 5.78. The molecule has 1 saturated carbocycles. The van der Waals surface area contributed by atoms with Crippen LogP contribution in [0.1, 0.15) is 39.2 Å². The summed E-state index contributed by atoms with van der Waals surface area (Å²) in [4.78, 5) is 0. The van der Waals surface area contributed by atoms with Gasteiger partial charge in [0.25, 0.3) is 0 Å². The van der Waals surface area contributed by atoms with E-state index in [9.17, 15) is 5.11 Å². The van der Waals surface area contributed by atoms with Gasteiger partial charge in [-0.25, -0.2) is 0 Å². The lowest BCUT2D eigenvalue weighted by molar-refractivity contribution is 0.0403. The topological polar surface area (TPSA) is 38.0 Å². The van der Waals surface area contributed by atoms with E-state index >= 15 is 0 Å². The largest absolute Gasteiger partial charge is 0.391 e. The molecular weight excluding hydrogens is 236 g/mol. The van der Waals surface area contributed by atoms with E-state index < -0.39 is 0 Å². The lowest BCUT2D eigenvalue weighted by Crippen LogP contribution is -2.33. The molecule has 3 rings (SSSR count). The summed E-state index contributed by atoms with van der Waals surface area (Å²) in [6, 6.07) is 8.36. The summed E-state index contributed by atoms with van der Waals surface area (Å²) in [5.41, 5.74) is 1.14. The lowest BCUT2D eigenvalue weighted by atomic mass is 9.78. The predicted molar refractivity (Wildman–Crippen MR) is 77.0 cm³/mol. The number of nitrogens with zero attached hydrogens (tertiary/aromatic N) is 2. The molecule has 1 aromatic carbocycles. The minimum atomic E-state index is -0.265. The van der Waals surface area contributed by atoms with Gasteiger partial charge in [0, 0.05) is 5.39 Å². The zero-order chi connectivity index (χ0) is 13.4. The molecule has 1 aliphatic carbocycles. The van der Waals surface area contributed by atoms with Crippen LogP contribution in [0.5, 0.6) is 0 Å². The average Bonchev–Trinajstić information content (AvgIpc) is 2.83. The van der Waals surface area contributed by atoms with Gasteiger partial charge in [-0.2, -0.15) is 5.10 Å². The van der Waals surface area contributed by atoms with Crippen LogP contribution in [0.25, 0.3) is 10.9 Å². The molecule has 0 bridgehead atoms. The highest BCUT2D eigenvalue weighted by atomic mass is 16.3. The fourth-order valence-electron chi connectivity index (χ4n) is 3.29. The van der Waals surface area contributed by atoms with E-state index in [1.54, 1.807) is 0 Å². The van der Waals surface area contributed by atoms with Crippen LogP contribution >= 0.6 is 0 Å². The Hall–Kier alpha value is -1.35. The third-order valence-electron chi connectivity index (χ3n) is 4.58. The SMILES string of the molecule is CC(C)C1CCC(O)C(n2ncc3ccccc32)C1. The molecule has 3 unspecified atom stereocenters. The zero-order valence-corrected chi connectivity index (χ0v) is 11.7. The molecule has 2 aromatic rings. The smallest absolute Gasteiger partial charge is 0.0788 e. The number of aliphatic hydroxyl groups is 1. The van der Waals surface area contributed by atoms with E-state index in [2.05, 4.69) is 31.1 Å². The van der Waals surface area contributed by atoms with Gasteiger partial charge >= 0.3 is 0 Å². The number of benzene rings is 1. The Balaban J connectivity index is 1.95. The van der Waals surface area contributed by atoms with Crippen LogP contribution in [0.15, 0.2) is 30.5 Å². The number of aromatic nitrogens is 2. The van der Waals surface area contributed by atoms with Crippen molar-refractivity contribution in [3.8, 4) is 0 Å². The Labute approximate surface area is 114 Å². The van der Waals surface area contributed by atoms with E-state index in [4.69, 9.17) is 0 Å². The standard InChI is InChI=1S/C16H22N2O/c1-11(2)12-7-8-16(19)15(9-12)18-14-6-4-3-5-13(14)10-17-18/h3-6,10-12,15-16,19H,7-9H2,1-2H3. The maximum absolute atomic E-state index is 10.3. The molecular formula is C16H22N2O. The van der Waals surface area contributed by atoms with Crippen molar-refractivity contribution in [1.29, 1.82) is 0 Å². The third kappa shape index (κ3) is 2.27. The first-order valence-corrected chi connectivity index (χ1v) is 7.27. The van der Waals surface area contributed by atoms with Crippen LogP contribution in [0.2, 0.25) is 0 Å². The molecule has 3 nitrogen and oxygen atoms in total. The molecule has 19 heavy (non-hydrogen) atoms. The van der Waals surface area contributed by atoms with Crippen molar-refractivity contribution < 1.29 is 5.11 Å². The van der Waals surface area contributed by atoms with Gasteiger partial charge in [0.15, 0.2) is 0 Å². The van der Waals surface area contributed by atoms with Crippen molar-refractivity contribution in [2.45, 2.75) is 45.3 Å². The Morgan fingerprint density at radius 3 is 2.84 bits per heavy atom.